The summed E-state index contributed by atoms with van der Waals surface area (Å²) < 4.78 is 25.5. The van der Waals surface area contributed by atoms with Crippen LogP contribution in [0.25, 0.3) is 0 Å². The van der Waals surface area contributed by atoms with Crippen molar-refractivity contribution < 1.29 is 18.7 Å². The lowest BCUT2D eigenvalue weighted by molar-refractivity contribution is -0.166. The molecule has 136 valence electrons. The number of carbonyl (C=O) groups excluding carboxylic acids is 1. The Morgan fingerprint density at radius 2 is 2.15 bits per heavy atom. The highest BCUT2D eigenvalue weighted by molar-refractivity contribution is 5.80. The van der Waals surface area contributed by atoms with Crippen LogP contribution in [-0.4, -0.2) is 47.7 Å². The summed E-state index contributed by atoms with van der Waals surface area (Å²) in [5.74, 6) is 0.570. The standard InChI is InChI=1S/C20H21FN2O3/c21-18-6-2-1-4-15(18)10-19(24)23-13-20(14-23)16(7-9-26-20)12-25-17-5-3-8-22-11-17/h1-6,8,11,16H,7,9-10,12-14H2/t16-/m1/s1. The first kappa shape index (κ1) is 17.0. The highest BCUT2D eigenvalue weighted by Gasteiger charge is 2.54. The number of likely N-dealkylation sites (tertiary alicyclic amines) is 1. The van der Waals surface area contributed by atoms with Gasteiger partial charge in [-0.2, -0.15) is 0 Å². The van der Waals surface area contributed by atoms with Gasteiger partial charge in [-0.25, -0.2) is 4.39 Å². The number of pyridine rings is 1. The van der Waals surface area contributed by atoms with Gasteiger partial charge in [0.05, 0.1) is 32.3 Å². The lowest BCUT2D eigenvalue weighted by Crippen LogP contribution is -2.67. The molecular weight excluding hydrogens is 335 g/mol. The van der Waals surface area contributed by atoms with Gasteiger partial charge in [0.1, 0.15) is 17.2 Å². The zero-order valence-electron chi connectivity index (χ0n) is 14.4. The van der Waals surface area contributed by atoms with Crippen LogP contribution in [0, 0.1) is 11.7 Å². The Balaban J connectivity index is 1.33. The minimum atomic E-state index is -0.337. The first-order valence-corrected chi connectivity index (χ1v) is 8.84. The number of ether oxygens (including phenoxy) is 2. The van der Waals surface area contributed by atoms with Gasteiger partial charge in [-0.1, -0.05) is 18.2 Å². The van der Waals surface area contributed by atoms with E-state index in [2.05, 4.69) is 4.98 Å². The molecule has 0 bridgehead atoms. The second kappa shape index (κ2) is 7.03. The molecule has 0 aliphatic carbocycles. The van der Waals surface area contributed by atoms with Crippen LogP contribution >= 0.6 is 0 Å². The number of benzene rings is 1. The van der Waals surface area contributed by atoms with Crippen LogP contribution in [-0.2, 0) is 16.0 Å². The smallest absolute Gasteiger partial charge is 0.227 e. The fraction of sp³-hybridized carbons (Fsp3) is 0.400. The topological polar surface area (TPSA) is 51.7 Å². The van der Waals surface area contributed by atoms with Gasteiger partial charge in [-0.15, -0.1) is 0 Å². The van der Waals surface area contributed by atoms with Crippen LogP contribution in [0.15, 0.2) is 48.8 Å². The van der Waals surface area contributed by atoms with Crippen LogP contribution in [0.1, 0.15) is 12.0 Å². The van der Waals surface area contributed by atoms with E-state index < -0.39 is 0 Å². The molecule has 5 nitrogen and oxygen atoms in total. The van der Waals surface area contributed by atoms with Crippen LogP contribution < -0.4 is 4.74 Å². The quantitative estimate of drug-likeness (QED) is 0.826. The van der Waals surface area contributed by atoms with Crippen molar-refractivity contribution in [3.05, 3.63) is 60.2 Å². The van der Waals surface area contributed by atoms with E-state index >= 15 is 0 Å². The maximum Gasteiger partial charge on any atom is 0.227 e. The van der Waals surface area contributed by atoms with E-state index in [9.17, 15) is 9.18 Å². The molecular formula is C20H21FN2O3. The van der Waals surface area contributed by atoms with Gasteiger partial charge in [0.25, 0.3) is 0 Å². The third kappa shape index (κ3) is 3.29. The second-order valence-electron chi connectivity index (χ2n) is 6.92. The summed E-state index contributed by atoms with van der Waals surface area (Å²) in [6.45, 7) is 2.31. The molecule has 4 rings (SSSR count). The molecule has 0 N–H and O–H groups in total. The number of aromatic nitrogens is 1. The summed E-state index contributed by atoms with van der Waals surface area (Å²) in [6, 6.07) is 10.1. The zero-order valence-corrected chi connectivity index (χ0v) is 14.4. The molecule has 2 aromatic rings. The van der Waals surface area contributed by atoms with Crippen LogP contribution in [0.4, 0.5) is 4.39 Å². The number of rotatable bonds is 5. The van der Waals surface area contributed by atoms with Crippen molar-refractivity contribution in [2.45, 2.75) is 18.4 Å². The first-order valence-electron chi connectivity index (χ1n) is 8.84. The van der Waals surface area contributed by atoms with E-state index in [1.54, 1.807) is 35.5 Å². The van der Waals surface area contributed by atoms with Gasteiger partial charge in [-0.3, -0.25) is 9.78 Å². The van der Waals surface area contributed by atoms with Crippen molar-refractivity contribution in [3.63, 3.8) is 0 Å². The van der Waals surface area contributed by atoms with E-state index in [1.807, 2.05) is 12.1 Å². The molecule has 1 aromatic heterocycles. The zero-order chi connectivity index (χ0) is 18.0. The number of halogens is 1. The molecule has 2 fully saturated rings. The molecule has 1 aromatic carbocycles. The van der Waals surface area contributed by atoms with Crippen molar-refractivity contribution in [1.82, 2.24) is 9.88 Å². The van der Waals surface area contributed by atoms with Crippen LogP contribution in [0.2, 0.25) is 0 Å². The molecule has 1 amide bonds. The van der Waals surface area contributed by atoms with Gasteiger partial charge in [0.15, 0.2) is 0 Å². The van der Waals surface area contributed by atoms with Gasteiger partial charge in [0.2, 0.25) is 5.91 Å². The highest BCUT2D eigenvalue weighted by Crippen LogP contribution is 2.40. The van der Waals surface area contributed by atoms with Gasteiger partial charge >= 0.3 is 0 Å². The Morgan fingerprint density at radius 3 is 2.92 bits per heavy atom. The fourth-order valence-electron chi connectivity index (χ4n) is 3.69. The molecule has 0 unspecified atom stereocenters. The SMILES string of the molecule is O=C(Cc1ccccc1F)N1CC2(C1)OCC[C@@H]2COc1cccnc1. The average Bonchev–Trinajstić information content (AvgIpc) is 3.05. The third-order valence-electron chi connectivity index (χ3n) is 5.25. The van der Waals surface area contributed by atoms with E-state index in [-0.39, 0.29) is 29.7 Å². The Bertz CT molecular complexity index is 778. The average molecular weight is 356 g/mol. The van der Waals surface area contributed by atoms with Crippen LogP contribution in [0.3, 0.4) is 0 Å². The lowest BCUT2D eigenvalue weighted by atomic mass is 9.81. The second-order valence-corrected chi connectivity index (χ2v) is 6.92. The van der Waals surface area contributed by atoms with E-state index in [0.29, 0.717) is 31.9 Å². The molecule has 1 spiro atoms. The third-order valence-corrected chi connectivity index (χ3v) is 5.25. The molecule has 1 atom stereocenters. The van der Waals surface area contributed by atoms with Crippen molar-refractivity contribution in [1.29, 1.82) is 0 Å². The molecule has 2 aliphatic heterocycles. The van der Waals surface area contributed by atoms with E-state index in [0.717, 1.165) is 12.2 Å². The Kier molecular flexibility index (Phi) is 4.59. The summed E-state index contributed by atoms with van der Waals surface area (Å²) in [6.07, 6.45) is 4.39. The Labute approximate surface area is 151 Å². The molecule has 3 heterocycles. The number of nitrogens with zero attached hydrogens (tertiary/aromatic N) is 2. The van der Waals surface area contributed by atoms with E-state index in [4.69, 9.17) is 9.47 Å². The van der Waals surface area contributed by atoms with Crippen molar-refractivity contribution in [2.24, 2.45) is 5.92 Å². The number of amides is 1. The van der Waals surface area contributed by atoms with E-state index in [1.165, 1.54) is 6.07 Å². The van der Waals surface area contributed by atoms with Crippen molar-refractivity contribution >= 4 is 5.91 Å². The first-order chi connectivity index (χ1) is 12.7. The molecule has 0 saturated carbocycles. The number of hydrogen-bond acceptors (Lipinski definition) is 4. The Morgan fingerprint density at radius 1 is 1.31 bits per heavy atom. The molecule has 0 radical (unpaired) electrons. The fourth-order valence-corrected chi connectivity index (χ4v) is 3.69. The Hall–Kier alpha value is -2.47. The normalized spacial score (nSPS) is 20.8. The monoisotopic (exact) mass is 356 g/mol. The minimum absolute atomic E-state index is 0.0665. The minimum Gasteiger partial charge on any atom is -0.492 e. The summed E-state index contributed by atoms with van der Waals surface area (Å²) in [5, 5.41) is 0. The molecule has 2 aliphatic rings. The predicted molar refractivity (Wildman–Crippen MR) is 93.2 cm³/mol. The van der Waals surface area contributed by atoms with Gasteiger partial charge in [0, 0.05) is 18.7 Å². The van der Waals surface area contributed by atoms with Crippen molar-refractivity contribution in [3.8, 4) is 5.75 Å². The number of carbonyl (C=O) groups is 1. The van der Waals surface area contributed by atoms with Gasteiger partial charge in [-0.05, 0) is 30.2 Å². The largest absolute Gasteiger partial charge is 0.492 e. The van der Waals surface area contributed by atoms with Crippen LogP contribution in [0.5, 0.6) is 5.75 Å². The highest BCUT2D eigenvalue weighted by atomic mass is 19.1. The maximum absolute atomic E-state index is 13.7. The maximum atomic E-state index is 13.7. The predicted octanol–water partition coefficient (Wildman–Crippen LogP) is 2.46. The van der Waals surface area contributed by atoms with Crippen molar-refractivity contribution in [2.75, 3.05) is 26.3 Å². The molecule has 6 heteroatoms. The van der Waals surface area contributed by atoms with Gasteiger partial charge < -0.3 is 14.4 Å². The summed E-state index contributed by atoms with van der Waals surface area (Å²) in [7, 11) is 0. The summed E-state index contributed by atoms with van der Waals surface area (Å²) >= 11 is 0. The number of hydrogen-bond donors (Lipinski definition) is 0. The summed E-state index contributed by atoms with van der Waals surface area (Å²) in [5.41, 5.74) is 0.106. The molecule has 26 heavy (non-hydrogen) atoms. The summed E-state index contributed by atoms with van der Waals surface area (Å²) in [4.78, 5) is 18.2. The lowest BCUT2D eigenvalue weighted by Gasteiger charge is -2.50. The molecule has 2 saturated heterocycles.